The lowest BCUT2D eigenvalue weighted by molar-refractivity contribution is -0.137. The number of ether oxygens (including phenoxy) is 2. The van der Waals surface area contributed by atoms with Crippen LogP contribution < -0.4 is 9.47 Å². The molecule has 0 amide bonds. The Hall–Kier alpha value is -2.91. The van der Waals surface area contributed by atoms with Gasteiger partial charge in [-0.3, -0.25) is 0 Å². The second-order valence-corrected chi connectivity index (χ2v) is 7.73. The number of hydrogen-bond acceptors (Lipinski definition) is 6. The van der Waals surface area contributed by atoms with Gasteiger partial charge in [-0.05, 0) is 30.7 Å². The van der Waals surface area contributed by atoms with Gasteiger partial charge >= 0.3 is 6.18 Å². The zero-order chi connectivity index (χ0) is 22.2. The summed E-state index contributed by atoms with van der Waals surface area (Å²) in [6.07, 6.45) is -2.01. The predicted molar refractivity (Wildman–Crippen MR) is 112 cm³/mol. The van der Waals surface area contributed by atoms with Crippen LogP contribution in [0.2, 0.25) is 5.02 Å². The second-order valence-electron chi connectivity index (χ2n) is 6.47. The fraction of sp³-hybridized carbons (Fsp3) is 0.143. The molecule has 1 unspecified atom stereocenters. The van der Waals surface area contributed by atoms with Crippen LogP contribution in [-0.2, 0) is 6.18 Å². The molecule has 0 aliphatic heterocycles. The SMILES string of the molecule is [CH2]C(c1ccc(Oc2cc(C(F)(F)F)ccn2)c(OC)c1)c1ncnc2scc(Cl)c12. The van der Waals surface area contributed by atoms with Crippen molar-refractivity contribution in [1.82, 2.24) is 15.0 Å². The van der Waals surface area contributed by atoms with Gasteiger partial charge in [-0.15, -0.1) is 11.3 Å². The lowest BCUT2D eigenvalue weighted by Gasteiger charge is -2.16. The average Bonchev–Trinajstić information content (AvgIpc) is 3.14. The Bertz CT molecular complexity index is 1250. The van der Waals surface area contributed by atoms with E-state index in [1.54, 1.807) is 23.6 Å². The van der Waals surface area contributed by atoms with Crippen molar-refractivity contribution in [3.05, 3.63) is 77.0 Å². The van der Waals surface area contributed by atoms with Gasteiger partial charge in [0.05, 0.1) is 28.8 Å². The Balaban J connectivity index is 1.66. The van der Waals surface area contributed by atoms with E-state index in [0.29, 0.717) is 16.5 Å². The number of alkyl halides is 3. The average molecular weight is 465 g/mol. The molecule has 4 aromatic rings. The second kappa shape index (κ2) is 8.32. The summed E-state index contributed by atoms with van der Waals surface area (Å²) < 4.78 is 49.7. The minimum Gasteiger partial charge on any atom is -0.493 e. The van der Waals surface area contributed by atoms with Gasteiger partial charge in [0, 0.05) is 23.6 Å². The van der Waals surface area contributed by atoms with Crippen molar-refractivity contribution in [3.8, 4) is 17.4 Å². The molecule has 31 heavy (non-hydrogen) atoms. The van der Waals surface area contributed by atoms with Crippen LogP contribution in [-0.4, -0.2) is 22.1 Å². The molecule has 4 rings (SSSR count). The summed E-state index contributed by atoms with van der Waals surface area (Å²) in [6.45, 7) is 4.20. The molecule has 3 heterocycles. The minimum absolute atomic E-state index is 0.199. The van der Waals surface area contributed by atoms with E-state index in [1.807, 2.05) is 0 Å². The predicted octanol–water partition coefficient (Wildman–Crippen LogP) is 6.53. The van der Waals surface area contributed by atoms with E-state index in [2.05, 4.69) is 21.9 Å². The molecule has 0 aliphatic rings. The normalized spacial score (nSPS) is 12.7. The molecule has 0 saturated carbocycles. The van der Waals surface area contributed by atoms with Gasteiger partial charge in [-0.1, -0.05) is 17.7 Å². The third-order valence-corrected chi connectivity index (χ3v) is 5.87. The van der Waals surface area contributed by atoms with Crippen LogP contribution in [0.25, 0.3) is 10.2 Å². The van der Waals surface area contributed by atoms with Crippen LogP contribution >= 0.6 is 22.9 Å². The molecule has 0 bridgehead atoms. The maximum atomic E-state index is 12.9. The van der Waals surface area contributed by atoms with Gasteiger partial charge in [0.15, 0.2) is 11.5 Å². The number of pyridine rings is 1. The van der Waals surface area contributed by atoms with Gasteiger partial charge < -0.3 is 9.47 Å². The first-order chi connectivity index (χ1) is 14.8. The Morgan fingerprint density at radius 1 is 1.10 bits per heavy atom. The summed E-state index contributed by atoms with van der Waals surface area (Å²) >= 11 is 7.71. The Morgan fingerprint density at radius 3 is 2.65 bits per heavy atom. The largest absolute Gasteiger partial charge is 0.493 e. The fourth-order valence-corrected chi connectivity index (χ4v) is 4.17. The van der Waals surface area contributed by atoms with E-state index in [0.717, 1.165) is 34.1 Å². The van der Waals surface area contributed by atoms with Crippen molar-refractivity contribution in [2.75, 3.05) is 7.11 Å². The molecule has 0 spiro atoms. The summed E-state index contributed by atoms with van der Waals surface area (Å²) in [6, 6.07) is 6.71. The van der Waals surface area contributed by atoms with Gasteiger partial charge in [-0.25, -0.2) is 15.0 Å². The van der Waals surface area contributed by atoms with Crippen molar-refractivity contribution < 1.29 is 22.6 Å². The van der Waals surface area contributed by atoms with E-state index >= 15 is 0 Å². The van der Waals surface area contributed by atoms with Crippen LogP contribution in [0.5, 0.6) is 17.4 Å². The highest BCUT2D eigenvalue weighted by molar-refractivity contribution is 7.17. The number of aromatic nitrogens is 3. The Morgan fingerprint density at radius 2 is 1.90 bits per heavy atom. The number of fused-ring (bicyclic) bond motifs is 1. The zero-order valence-corrected chi connectivity index (χ0v) is 17.6. The van der Waals surface area contributed by atoms with Crippen molar-refractivity contribution >= 4 is 33.2 Å². The monoisotopic (exact) mass is 464 g/mol. The van der Waals surface area contributed by atoms with Crippen LogP contribution in [0.1, 0.15) is 22.7 Å². The quantitative estimate of drug-likeness (QED) is 0.336. The Labute approximate surface area is 184 Å². The molecule has 159 valence electrons. The number of thiophene rings is 1. The number of nitrogens with zero attached hydrogens (tertiary/aromatic N) is 3. The molecular formula is C21H14ClF3N3O2S. The van der Waals surface area contributed by atoms with Gasteiger partial charge in [0.2, 0.25) is 5.88 Å². The maximum Gasteiger partial charge on any atom is 0.416 e. The highest BCUT2D eigenvalue weighted by atomic mass is 35.5. The third-order valence-electron chi connectivity index (χ3n) is 4.55. The van der Waals surface area contributed by atoms with E-state index in [-0.39, 0.29) is 11.6 Å². The summed E-state index contributed by atoms with van der Waals surface area (Å²) in [5.74, 6) is -0.0689. The van der Waals surface area contributed by atoms with Gasteiger partial charge in [0.25, 0.3) is 0 Å². The Kier molecular flexibility index (Phi) is 5.72. The topological polar surface area (TPSA) is 57.1 Å². The van der Waals surface area contributed by atoms with Crippen molar-refractivity contribution in [1.29, 1.82) is 0 Å². The van der Waals surface area contributed by atoms with Crippen LogP contribution in [0, 0.1) is 6.92 Å². The van der Waals surface area contributed by atoms with Crippen LogP contribution in [0.3, 0.4) is 0 Å². The van der Waals surface area contributed by atoms with Crippen molar-refractivity contribution in [2.45, 2.75) is 12.1 Å². The number of methoxy groups -OCH3 is 1. The highest BCUT2D eigenvalue weighted by Crippen LogP contribution is 2.39. The first-order valence-electron chi connectivity index (χ1n) is 8.87. The zero-order valence-electron chi connectivity index (χ0n) is 16.0. The number of hydrogen-bond donors (Lipinski definition) is 0. The minimum atomic E-state index is -4.50. The molecule has 0 aliphatic carbocycles. The van der Waals surface area contributed by atoms with Crippen molar-refractivity contribution in [3.63, 3.8) is 0 Å². The summed E-state index contributed by atoms with van der Waals surface area (Å²) in [5.41, 5.74) is 0.557. The van der Waals surface area contributed by atoms with Gasteiger partial charge in [-0.2, -0.15) is 13.2 Å². The number of halogens is 4. The van der Waals surface area contributed by atoms with E-state index in [4.69, 9.17) is 21.1 Å². The highest BCUT2D eigenvalue weighted by Gasteiger charge is 2.31. The summed E-state index contributed by atoms with van der Waals surface area (Å²) in [7, 11) is 1.43. The van der Waals surface area contributed by atoms with Crippen LogP contribution in [0.4, 0.5) is 13.2 Å². The first-order valence-corrected chi connectivity index (χ1v) is 10.1. The number of rotatable bonds is 5. The smallest absolute Gasteiger partial charge is 0.416 e. The first kappa shape index (κ1) is 21.3. The third kappa shape index (κ3) is 4.28. The van der Waals surface area contributed by atoms with E-state index < -0.39 is 17.7 Å². The molecule has 5 nitrogen and oxygen atoms in total. The number of benzene rings is 1. The van der Waals surface area contributed by atoms with E-state index in [1.165, 1.54) is 24.8 Å². The summed E-state index contributed by atoms with van der Waals surface area (Å²) in [5, 5.41) is 3.07. The molecule has 1 radical (unpaired) electrons. The van der Waals surface area contributed by atoms with Gasteiger partial charge in [0.1, 0.15) is 11.2 Å². The molecule has 3 aromatic heterocycles. The molecule has 0 fully saturated rings. The molecular weight excluding hydrogens is 451 g/mol. The molecule has 10 heteroatoms. The lowest BCUT2D eigenvalue weighted by atomic mass is 9.95. The van der Waals surface area contributed by atoms with Crippen LogP contribution in [0.15, 0.2) is 48.2 Å². The van der Waals surface area contributed by atoms with Crippen molar-refractivity contribution in [2.24, 2.45) is 0 Å². The molecule has 1 aromatic carbocycles. The fourth-order valence-electron chi connectivity index (χ4n) is 3.02. The lowest BCUT2D eigenvalue weighted by Crippen LogP contribution is -2.05. The molecule has 0 saturated heterocycles. The molecule has 0 N–H and O–H groups in total. The van der Waals surface area contributed by atoms with E-state index in [9.17, 15) is 13.2 Å². The molecule has 1 atom stereocenters. The maximum absolute atomic E-state index is 12.9. The standard InChI is InChI=1S/C21H14ClF3N3O2S/c1-11(19-18-14(22)9-31-20(18)28-10-27-19)12-3-4-15(16(7-12)29-2)30-17-8-13(5-6-26-17)21(23,24)25/h3-11H,1H2,2H3. The summed E-state index contributed by atoms with van der Waals surface area (Å²) in [4.78, 5) is 13.2.